The maximum atomic E-state index is 12.6. The molecule has 32 heavy (non-hydrogen) atoms. The Morgan fingerprint density at radius 3 is 2.09 bits per heavy atom. The summed E-state index contributed by atoms with van der Waals surface area (Å²) < 4.78 is 5.53. The minimum absolute atomic E-state index is 0.0788. The topological polar surface area (TPSA) is 108 Å². The van der Waals surface area contributed by atoms with Gasteiger partial charge in [0.2, 0.25) is 5.91 Å². The molecule has 2 atom stereocenters. The number of benzene rings is 2. The second-order valence-corrected chi connectivity index (χ2v) is 8.29. The van der Waals surface area contributed by atoms with Crippen LogP contribution in [0.25, 0.3) is 11.1 Å². The lowest BCUT2D eigenvalue weighted by Gasteiger charge is -2.23. The summed E-state index contributed by atoms with van der Waals surface area (Å²) >= 11 is 0. The van der Waals surface area contributed by atoms with Crippen molar-refractivity contribution in [2.75, 3.05) is 27.2 Å². The Kier molecular flexibility index (Phi) is 7.48. The number of amides is 2. The van der Waals surface area contributed by atoms with Crippen molar-refractivity contribution in [1.29, 1.82) is 0 Å². The number of carboxylic acids is 1. The molecule has 2 aromatic rings. The molecule has 3 N–H and O–H groups in total. The lowest BCUT2D eigenvalue weighted by Crippen LogP contribution is -2.53. The average molecular weight is 440 g/mol. The van der Waals surface area contributed by atoms with Crippen LogP contribution in [-0.2, 0) is 14.3 Å². The summed E-state index contributed by atoms with van der Waals surface area (Å²) in [4.78, 5) is 37.8. The number of hydrogen-bond donors (Lipinski definition) is 3. The number of nitrogens with zero attached hydrogens (tertiary/aromatic N) is 1. The van der Waals surface area contributed by atoms with E-state index in [9.17, 15) is 14.4 Å². The van der Waals surface area contributed by atoms with Gasteiger partial charge in [0, 0.05) is 18.5 Å². The first-order chi connectivity index (χ1) is 15.3. The fourth-order valence-corrected chi connectivity index (χ4v) is 4.00. The van der Waals surface area contributed by atoms with Gasteiger partial charge in [0.1, 0.15) is 12.6 Å². The first kappa shape index (κ1) is 23.3. The Labute approximate surface area is 187 Å². The van der Waals surface area contributed by atoms with Crippen LogP contribution >= 0.6 is 0 Å². The molecule has 1 aliphatic rings. The number of carbonyl (C=O) groups excluding carboxylic acids is 2. The van der Waals surface area contributed by atoms with Gasteiger partial charge in [-0.15, -0.1) is 0 Å². The fourth-order valence-electron chi connectivity index (χ4n) is 4.00. The molecular formula is C24H29N3O5. The van der Waals surface area contributed by atoms with Crippen LogP contribution in [0.4, 0.5) is 4.79 Å². The van der Waals surface area contributed by atoms with Crippen LogP contribution in [0.3, 0.4) is 0 Å². The molecule has 0 saturated heterocycles. The lowest BCUT2D eigenvalue weighted by atomic mass is 9.98. The van der Waals surface area contributed by atoms with Crippen LogP contribution in [0.15, 0.2) is 48.5 Å². The van der Waals surface area contributed by atoms with Crippen LogP contribution in [0.5, 0.6) is 0 Å². The van der Waals surface area contributed by atoms with Gasteiger partial charge < -0.3 is 25.4 Å². The molecule has 8 heteroatoms. The molecule has 8 nitrogen and oxygen atoms in total. The predicted molar refractivity (Wildman–Crippen MR) is 120 cm³/mol. The third-order valence-corrected chi connectivity index (χ3v) is 5.37. The molecular weight excluding hydrogens is 410 g/mol. The van der Waals surface area contributed by atoms with Crippen LogP contribution in [0.2, 0.25) is 0 Å². The largest absolute Gasteiger partial charge is 0.481 e. The summed E-state index contributed by atoms with van der Waals surface area (Å²) in [5.74, 6) is -1.54. The van der Waals surface area contributed by atoms with Crippen molar-refractivity contribution in [1.82, 2.24) is 15.5 Å². The van der Waals surface area contributed by atoms with Gasteiger partial charge in [0.25, 0.3) is 0 Å². The van der Waals surface area contributed by atoms with E-state index in [0.717, 1.165) is 22.3 Å². The summed E-state index contributed by atoms with van der Waals surface area (Å²) in [5, 5.41) is 14.1. The van der Waals surface area contributed by atoms with E-state index in [1.165, 1.54) is 0 Å². The van der Waals surface area contributed by atoms with Crippen molar-refractivity contribution in [3.8, 4) is 11.1 Å². The number of fused-ring (bicyclic) bond motifs is 3. The molecule has 0 bridgehead atoms. The molecule has 170 valence electrons. The summed E-state index contributed by atoms with van der Waals surface area (Å²) in [7, 11) is 3.56. The van der Waals surface area contributed by atoms with Crippen molar-refractivity contribution in [2.45, 2.75) is 31.3 Å². The number of carbonyl (C=O) groups is 3. The number of nitrogens with one attached hydrogen (secondary N) is 2. The van der Waals surface area contributed by atoms with Crippen molar-refractivity contribution in [3.63, 3.8) is 0 Å². The normalized spacial score (nSPS) is 14.2. The van der Waals surface area contributed by atoms with E-state index >= 15 is 0 Å². The van der Waals surface area contributed by atoms with E-state index < -0.39 is 30.1 Å². The van der Waals surface area contributed by atoms with Gasteiger partial charge in [-0.25, -0.2) is 4.79 Å². The van der Waals surface area contributed by atoms with E-state index in [4.69, 9.17) is 9.84 Å². The minimum atomic E-state index is -1.01. The van der Waals surface area contributed by atoms with Gasteiger partial charge in [-0.1, -0.05) is 48.5 Å². The lowest BCUT2D eigenvalue weighted by molar-refractivity contribution is -0.137. The first-order valence-corrected chi connectivity index (χ1v) is 10.5. The number of carboxylic acid groups (broad SMARTS) is 1. The predicted octanol–water partition coefficient (Wildman–Crippen LogP) is 2.43. The highest BCUT2D eigenvalue weighted by molar-refractivity contribution is 5.86. The van der Waals surface area contributed by atoms with Crippen LogP contribution in [0.1, 0.15) is 30.4 Å². The number of ether oxygens (including phenoxy) is 1. The third kappa shape index (κ3) is 5.64. The van der Waals surface area contributed by atoms with Gasteiger partial charge in [0.15, 0.2) is 0 Å². The molecule has 0 aromatic heterocycles. The maximum absolute atomic E-state index is 12.6. The summed E-state index contributed by atoms with van der Waals surface area (Å²) in [6, 6.07) is 14.7. The molecule has 0 unspecified atom stereocenters. The molecule has 0 aliphatic heterocycles. The third-order valence-electron chi connectivity index (χ3n) is 5.37. The van der Waals surface area contributed by atoms with E-state index in [0.29, 0.717) is 0 Å². The number of rotatable bonds is 9. The van der Waals surface area contributed by atoms with Crippen molar-refractivity contribution in [3.05, 3.63) is 59.7 Å². The van der Waals surface area contributed by atoms with Crippen molar-refractivity contribution < 1.29 is 24.2 Å². The molecule has 0 radical (unpaired) electrons. The van der Waals surface area contributed by atoms with Gasteiger partial charge >= 0.3 is 12.1 Å². The summed E-state index contributed by atoms with van der Waals surface area (Å²) in [5.41, 5.74) is 4.47. The molecule has 3 rings (SSSR count). The van der Waals surface area contributed by atoms with E-state index in [2.05, 4.69) is 22.8 Å². The zero-order valence-corrected chi connectivity index (χ0v) is 18.5. The zero-order chi connectivity index (χ0) is 23.3. The zero-order valence-electron chi connectivity index (χ0n) is 18.5. The molecule has 0 spiro atoms. The Balaban J connectivity index is 1.64. The number of aliphatic carboxylic acids is 1. The summed E-state index contributed by atoms with van der Waals surface area (Å²) in [6.45, 7) is 1.99. The van der Waals surface area contributed by atoms with E-state index in [1.807, 2.05) is 36.4 Å². The molecule has 1 aliphatic carbocycles. The van der Waals surface area contributed by atoms with Gasteiger partial charge in [-0.05, 0) is 43.3 Å². The van der Waals surface area contributed by atoms with E-state index in [1.54, 1.807) is 25.9 Å². The Morgan fingerprint density at radius 2 is 1.56 bits per heavy atom. The molecule has 2 aromatic carbocycles. The van der Waals surface area contributed by atoms with Crippen LogP contribution in [-0.4, -0.2) is 67.3 Å². The highest BCUT2D eigenvalue weighted by atomic mass is 16.5. The average Bonchev–Trinajstić information content (AvgIpc) is 3.04. The quantitative estimate of drug-likeness (QED) is 0.554. The van der Waals surface area contributed by atoms with Crippen LogP contribution < -0.4 is 10.6 Å². The molecule has 0 heterocycles. The SMILES string of the molecule is C[C@H](CC(=O)O)NC(=O)[C@H](CN(C)C)NC(=O)OCC1c2ccccc2-c2ccccc21. The van der Waals surface area contributed by atoms with Crippen LogP contribution in [0, 0.1) is 0 Å². The number of alkyl carbamates (subject to hydrolysis) is 1. The van der Waals surface area contributed by atoms with Gasteiger partial charge in [-0.3, -0.25) is 9.59 Å². The van der Waals surface area contributed by atoms with E-state index in [-0.39, 0.29) is 25.5 Å². The Morgan fingerprint density at radius 1 is 1.00 bits per heavy atom. The Hall–Kier alpha value is -3.39. The highest BCUT2D eigenvalue weighted by Gasteiger charge is 2.30. The second kappa shape index (κ2) is 10.3. The van der Waals surface area contributed by atoms with Crippen molar-refractivity contribution in [2.24, 2.45) is 0 Å². The molecule has 0 saturated carbocycles. The maximum Gasteiger partial charge on any atom is 0.407 e. The minimum Gasteiger partial charge on any atom is -0.481 e. The summed E-state index contributed by atoms with van der Waals surface area (Å²) in [6.07, 6.45) is -0.898. The number of likely N-dealkylation sites (N-methyl/N-ethyl adjacent to an activating group) is 1. The standard InChI is InChI=1S/C24H29N3O5/c1-15(12-22(28)29)25-23(30)21(13-27(2)3)26-24(31)32-14-20-18-10-6-4-8-16(18)17-9-5-7-11-19(17)20/h4-11,15,20-21H,12-14H2,1-3H3,(H,25,30)(H,26,31)(H,28,29)/t15-,21+/m1/s1. The van der Waals surface area contributed by atoms with Gasteiger partial charge in [0.05, 0.1) is 6.42 Å². The van der Waals surface area contributed by atoms with Gasteiger partial charge in [-0.2, -0.15) is 0 Å². The second-order valence-electron chi connectivity index (χ2n) is 8.29. The molecule has 0 fully saturated rings. The Bertz CT molecular complexity index is 946. The van der Waals surface area contributed by atoms with Crippen molar-refractivity contribution >= 4 is 18.0 Å². The smallest absolute Gasteiger partial charge is 0.407 e. The fraction of sp³-hybridized carbons (Fsp3) is 0.375. The molecule has 2 amide bonds. The first-order valence-electron chi connectivity index (χ1n) is 10.5. The number of hydrogen-bond acceptors (Lipinski definition) is 5. The monoisotopic (exact) mass is 439 g/mol. The highest BCUT2D eigenvalue weighted by Crippen LogP contribution is 2.44.